The zero-order valence-corrected chi connectivity index (χ0v) is 15.1. The van der Waals surface area contributed by atoms with E-state index in [1.807, 2.05) is 67.6 Å². The standard InChI is InChI=1S/C20H13N3S2/c1-14-6-9-16(10-7-14)18(11-8-15(12-21)13-22)24-20-23-17-4-2-3-5-19(17)25-20/h2-11H,1H3/b18-11-. The number of allylic oxidation sites excluding steroid dienone is 3. The molecule has 2 aromatic carbocycles. The Balaban J connectivity index is 2.00. The number of hydrogen-bond acceptors (Lipinski definition) is 5. The van der Waals surface area contributed by atoms with Crippen LogP contribution in [0.5, 0.6) is 0 Å². The van der Waals surface area contributed by atoms with E-state index < -0.39 is 0 Å². The third-order valence-corrected chi connectivity index (χ3v) is 5.64. The third kappa shape index (κ3) is 4.16. The Morgan fingerprint density at radius 2 is 1.76 bits per heavy atom. The van der Waals surface area contributed by atoms with Crippen molar-refractivity contribution in [1.29, 1.82) is 10.5 Å². The van der Waals surface area contributed by atoms with Crippen LogP contribution in [0.15, 0.2) is 70.6 Å². The molecule has 0 saturated heterocycles. The molecule has 3 nitrogen and oxygen atoms in total. The van der Waals surface area contributed by atoms with Gasteiger partial charge >= 0.3 is 0 Å². The molecule has 0 radical (unpaired) electrons. The smallest absolute Gasteiger partial charge is 0.155 e. The molecule has 120 valence electrons. The van der Waals surface area contributed by atoms with Gasteiger partial charge in [0.1, 0.15) is 17.7 Å². The van der Waals surface area contributed by atoms with Gasteiger partial charge in [-0.2, -0.15) is 10.5 Å². The van der Waals surface area contributed by atoms with Crippen molar-refractivity contribution in [1.82, 2.24) is 4.98 Å². The van der Waals surface area contributed by atoms with Gasteiger partial charge in [-0.05, 0) is 36.8 Å². The number of thiazole rings is 1. The predicted molar refractivity (Wildman–Crippen MR) is 104 cm³/mol. The molecule has 0 unspecified atom stereocenters. The number of fused-ring (bicyclic) bond motifs is 1. The first kappa shape index (κ1) is 17.0. The van der Waals surface area contributed by atoms with Crippen molar-refractivity contribution in [3.8, 4) is 12.1 Å². The second kappa shape index (κ2) is 7.81. The lowest BCUT2D eigenvalue weighted by Gasteiger charge is -2.05. The van der Waals surface area contributed by atoms with Gasteiger partial charge in [0.15, 0.2) is 4.34 Å². The number of thioether (sulfide) groups is 1. The summed E-state index contributed by atoms with van der Waals surface area (Å²) in [5, 5.41) is 17.9. The number of benzene rings is 2. The molecule has 1 aromatic heterocycles. The Bertz CT molecular complexity index is 996. The van der Waals surface area contributed by atoms with Gasteiger partial charge in [0.2, 0.25) is 0 Å². The Labute approximate surface area is 154 Å². The number of nitriles is 2. The van der Waals surface area contributed by atoms with Gasteiger partial charge in [0, 0.05) is 4.91 Å². The number of aromatic nitrogens is 1. The fourth-order valence-corrected chi connectivity index (χ4v) is 4.28. The highest BCUT2D eigenvalue weighted by atomic mass is 32.2. The molecule has 0 spiro atoms. The van der Waals surface area contributed by atoms with Gasteiger partial charge in [-0.15, -0.1) is 11.3 Å². The van der Waals surface area contributed by atoms with Crippen LogP contribution in [0.1, 0.15) is 11.1 Å². The Kier molecular flexibility index (Phi) is 5.30. The van der Waals surface area contributed by atoms with Gasteiger partial charge in [0.05, 0.1) is 10.2 Å². The average Bonchev–Trinajstić information content (AvgIpc) is 3.04. The van der Waals surface area contributed by atoms with Gasteiger partial charge < -0.3 is 0 Å². The number of nitrogens with zero attached hydrogens (tertiary/aromatic N) is 3. The van der Waals surface area contributed by atoms with E-state index in [2.05, 4.69) is 11.1 Å². The molecule has 0 N–H and O–H groups in total. The van der Waals surface area contributed by atoms with E-state index in [-0.39, 0.29) is 5.57 Å². The Morgan fingerprint density at radius 3 is 2.44 bits per heavy atom. The second-order valence-electron chi connectivity index (χ2n) is 5.25. The SMILES string of the molecule is Cc1ccc(/C(=C/C=C(C#N)C#N)Sc2nc3ccccc3s2)cc1. The summed E-state index contributed by atoms with van der Waals surface area (Å²) < 4.78 is 2.07. The minimum Gasteiger partial charge on any atom is -0.229 e. The largest absolute Gasteiger partial charge is 0.229 e. The number of para-hydroxylation sites is 1. The molecule has 5 heteroatoms. The lowest BCUT2D eigenvalue weighted by molar-refractivity contribution is 1.31. The van der Waals surface area contributed by atoms with Crippen molar-refractivity contribution < 1.29 is 0 Å². The fourth-order valence-electron chi connectivity index (χ4n) is 2.15. The first-order valence-electron chi connectivity index (χ1n) is 7.52. The molecule has 25 heavy (non-hydrogen) atoms. The first-order chi connectivity index (χ1) is 12.2. The molecule has 0 atom stereocenters. The molecule has 0 saturated carbocycles. The number of aryl methyl sites for hydroxylation is 1. The van der Waals surface area contributed by atoms with Crippen LogP contribution in [-0.2, 0) is 0 Å². The van der Waals surface area contributed by atoms with Crippen LogP contribution in [-0.4, -0.2) is 4.98 Å². The molecule has 0 fully saturated rings. The highest BCUT2D eigenvalue weighted by molar-refractivity contribution is 8.09. The molecule has 1 heterocycles. The van der Waals surface area contributed by atoms with Crippen LogP contribution in [0.2, 0.25) is 0 Å². The second-order valence-corrected chi connectivity index (χ2v) is 7.57. The van der Waals surface area contributed by atoms with Crippen molar-refractivity contribution >= 4 is 38.2 Å². The highest BCUT2D eigenvalue weighted by Gasteiger charge is 2.09. The lowest BCUT2D eigenvalue weighted by Crippen LogP contribution is -1.82. The van der Waals surface area contributed by atoms with Crippen molar-refractivity contribution in [2.24, 2.45) is 0 Å². The van der Waals surface area contributed by atoms with Crippen LogP contribution in [0.4, 0.5) is 0 Å². The molecule has 0 aliphatic rings. The molecule has 0 amide bonds. The van der Waals surface area contributed by atoms with Crippen molar-refractivity contribution in [3.63, 3.8) is 0 Å². The van der Waals surface area contributed by atoms with E-state index >= 15 is 0 Å². The van der Waals surface area contributed by atoms with Crippen LogP contribution in [0.25, 0.3) is 15.1 Å². The maximum Gasteiger partial charge on any atom is 0.155 e. The van der Waals surface area contributed by atoms with Crippen molar-refractivity contribution in [3.05, 3.63) is 77.4 Å². The summed E-state index contributed by atoms with van der Waals surface area (Å²) in [5.74, 6) is 0. The van der Waals surface area contributed by atoms with Gasteiger partial charge in [0.25, 0.3) is 0 Å². The van der Waals surface area contributed by atoms with E-state index in [0.717, 1.165) is 25.0 Å². The quantitative estimate of drug-likeness (QED) is 0.340. The van der Waals surface area contributed by atoms with Gasteiger partial charge in [-0.25, -0.2) is 4.98 Å². The number of hydrogen-bond donors (Lipinski definition) is 0. The Morgan fingerprint density at radius 1 is 1.04 bits per heavy atom. The van der Waals surface area contributed by atoms with E-state index in [9.17, 15) is 0 Å². The van der Waals surface area contributed by atoms with E-state index in [4.69, 9.17) is 10.5 Å². The monoisotopic (exact) mass is 359 g/mol. The van der Waals surface area contributed by atoms with Crippen LogP contribution < -0.4 is 0 Å². The van der Waals surface area contributed by atoms with Crippen LogP contribution >= 0.6 is 23.1 Å². The Hall–Kier alpha value is -2.86. The summed E-state index contributed by atoms with van der Waals surface area (Å²) in [6, 6.07) is 19.9. The van der Waals surface area contributed by atoms with Crippen molar-refractivity contribution in [2.45, 2.75) is 11.3 Å². The van der Waals surface area contributed by atoms with E-state index in [1.165, 1.54) is 5.56 Å². The zero-order valence-electron chi connectivity index (χ0n) is 13.4. The van der Waals surface area contributed by atoms with E-state index in [1.54, 1.807) is 29.2 Å². The van der Waals surface area contributed by atoms with Crippen LogP contribution in [0.3, 0.4) is 0 Å². The molecule has 0 aliphatic heterocycles. The predicted octanol–water partition coefficient (Wildman–Crippen LogP) is 5.71. The molecule has 0 aliphatic carbocycles. The highest BCUT2D eigenvalue weighted by Crippen LogP contribution is 2.38. The molecule has 3 aromatic rings. The summed E-state index contributed by atoms with van der Waals surface area (Å²) >= 11 is 3.17. The minimum atomic E-state index is 0.0783. The molecule has 3 rings (SSSR count). The number of rotatable bonds is 4. The summed E-state index contributed by atoms with van der Waals surface area (Å²) in [5.41, 5.74) is 3.26. The fraction of sp³-hybridized carbons (Fsp3) is 0.0500. The molecular formula is C20H13N3S2. The first-order valence-corrected chi connectivity index (χ1v) is 9.15. The summed E-state index contributed by atoms with van der Waals surface area (Å²) in [6.07, 6.45) is 3.36. The zero-order chi connectivity index (χ0) is 17.6. The normalized spacial score (nSPS) is 10.9. The van der Waals surface area contributed by atoms with E-state index in [0.29, 0.717) is 0 Å². The maximum absolute atomic E-state index is 8.94. The minimum absolute atomic E-state index is 0.0783. The average molecular weight is 359 g/mol. The summed E-state index contributed by atoms with van der Waals surface area (Å²) in [6.45, 7) is 2.04. The summed E-state index contributed by atoms with van der Waals surface area (Å²) in [4.78, 5) is 5.60. The molecular weight excluding hydrogens is 346 g/mol. The summed E-state index contributed by atoms with van der Waals surface area (Å²) in [7, 11) is 0. The van der Waals surface area contributed by atoms with Gasteiger partial charge in [-0.3, -0.25) is 0 Å². The topological polar surface area (TPSA) is 60.5 Å². The van der Waals surface area contributed by atoms with Gasteiger partial charge in [-0.1, -0.05) is 53.7 Å². The van der Waals surface area contributed by atoms with Crippen LogP contribution in [0, 0.1) is 29.6 Å². The van der Waals surface area contributed by atoms with Crippen molar-refractivity contribution in [2.75, 3.05) is 0 Å². The third-order valence-electron chi connectivity index (χ3n) is 3.45. The molecule has 0 bridgehead atoms. The lowest BCUT2D eigenvalue weighted by atomic mass is 10.1. The maximum atomic E-state index is 8.94.